The summed E-state index contributed by atoms with van der Waals surface area (Å²) in [7, 11) is 0. The van der Waals surface area contributed by atoms with Crippen molar-refractivity contribution >= 4 is 23.4 Å². The van der Waals surface area contributed by atoms with E-state index in [0.29, 0.717) is 5.82 Å². The van der Waals surface area contributed by atoms with Crippen LogP contribution in [0.25, 0.3) is 5.69 Å². The highest BCUT2D eigenvalue weighted by molar-refractivity contribution is 5.97. The van der Waals surface area contributed by atoms with Crippen molar-refractivity contribution in [1.29, 1.82) is 0 Å². The lowest BCUT2D eigenvalue weighted by atomic mass is 9.92. The molecule has 0 aliphatic carbocycles. The van der Waals surface area contributed by atoms with Crippen LogP contribution < -0.4 is 10.6 Å². The first-order valence-electron chi connectivity index (χ1n) is 11.3. The number of aryl methyl sites for hydroxylation is 1. The first-order chi connectivity index (χ1) is 16.0. The number of hydrogen-bond acceptors (Lipinski definition) is 3. The van der Waals surface area contributed by atoms with Gasteiger partial charge in [-0.3, -0.25) is 4.79 Å². The Morgan fingerprint density at radius 1 is 1.06 bits per heavy atom. The van der Waals surface area contributed by atoms with E-state index in [1.165, 1.54) is 17.0 Å². The number of rotatable bonds is 6. The highest BCUT2D eigenvalue weighted by Crippen LogP contribution is 2.26. The highest BCUT2D eigenvalue weighted by atomic mass is 19.1. The summed E-state index contributed by atoms with van der Waals surface area (Å²) in [6.07, 6.45) is 0. The van der Waals surface area contributed by atoms with Crippen LogP contribution in [0.4, 0.5) is 20.7 Å². The zero-order chi connectivity index (χ0) is 25.0. The summed E-state index contributed by atoms with van der Waals surface area (Å²) in [6.45, 7) is 11.5. The normalized spacial score (nSPS) is 11.4. The molecule has 0 atom stereocenters. The van der Waals surface area contributed by atoms with Gasteiger partial charge in [-0.1, -0.05) is 50.6 Å². The second kappa shape index (κ2) is 10.1. The molecule has 7 nitrogen and oxygen atoms in total. The van der Waals surface area contributed by atoms with E-state index < -0.39 is 11.8 Å². The number of urea groups is 1. The number of hydrogen-bond donors (Lipinski definition) is 2. The Balaban J connectivity index is 1.81. The molecule has 3 amide bonds. The fourth-order valence-electron chi connectivity index (χ4n) is 3.30. The fourth-order valence-corrected chi connectivity index (χ4v) is 3.30. The Bertz CT molecular complexity index is 1160. The number of para-hydroxylation sites is 1. The zero-order valence-corrected chi connectivity index (χ0v) is 20.5. The minimum atomic E-state index is -0.558. The van der Waals surface area contributed by atoms with Crippen LogP contribution in [-0.2, 0) is 10.2 Å². The lowest BCUT2D eigenvalue weighted by Crippen LogP contribution is -2.44. The van der Waals surface area contributed by atoms with E-state index in [4.69, 9.17) is 5.10 Å². The summed E-state index contributed by atoms with van der Waals surface area (Å²) in [5, 5.41) is 10.2. The molecule has 3 aromatic rings. The van der Waals surface area contributed by atoms with Gasteiger partial charge in [0.2, 0.25) is 5.91 Å². The summed E-state index contributed by atoms with van der Waals surface area (Å²) < 4.78 is 15.7. The van der Waals surface area contributed by atoms with E-state index in [1.807, 2.05) is 58.0 Å². The van der Waals surface area contributed by atoms with Gasteiger partial charge in [-0.05, 0) is 45.0 Å². The molecule has 0 aliphatic rings. The van der Waals surface area contributed by atoms with Gasteiger partial charge in [-0.25, -0.2) is 13.9 Å². The van der Waals surface area contributed by atoms with Crippen LogP contribution in [0.2, 0.25) is 0 Å². The Morgan fingerprint density at radius 3 is 2.29 bits per heavy atom. The molecule has 0 unspecified atom stereocenters. The fraction of sp³-hybridized carbons (Fsp3) is 0.346. The predicted molar refractivity (Wildman–Crippen MR) is 133 cm³/mol. The van der Waals surface area contributed by atoms with E-state index in [0.717, 1.165) is 16.9 Å². The van der Waals surface area contributed by atoms with Gasteiger partial charge < -0.3 is 15.5 Å². The van der Waals surface area contributed by atoms with Crippen molar-refractivity contribution in [2.24, 2.45) is 0 Å². The summed E-state index contributed by atoms with van der Waals surface area (Å²) >= 11 is 0. The number of carbonyl (C=O) groups is 2. The molecule has 2 N–H and O–H groups in total. The average Bonchev–Trinajstić information content (AvgIpc) is 3.18. The number of benzene rings is 2. The molecule has 1 heterocycles. The molecule has 8 heteroatoms. The second-order valence-corrected chi connectivity index (χ2v) is 9.59. The van der Waals surface area contributed by atoms with Crippen molar-refractivity contribution in [2.75, 3.05) is 17.2 Å². The molecular formula is C26H32FN5O2. The van der Waals surface area contributed by atoms with Gasteiger partial charge in [0, 0.05) is 17.5 Å². The number of carbonyl (C=O) groups excluding carboxylic acids is 2. The first kappa shape index (κ1) is 25.0. The van der Waals surface area contributed by atoms with Crippen molar-refractivity contribution < 1.29 is 14.0 Å². The summed E-state index contributed by atoms with van der Waals surface area (Å²) in [5.74, 6) is -0.413. The number of halogens is 1. The third-order valence-electron chi connectivity index (χ3n) is 5.34. The van der Waals surface area contributed by atoms with Crippen molar-refractivity contribution in [3.63, 3.8) is 0 Å². The molecule has 0 spiro atoms. The van der Waals surface area contributed by atoms with Gasteiger partial charge in [-0.2, -0.15) is 5.10 Å². The van der Waals surface area contributed by atoms with Crippen LogP contribution in [0.5, 0.6) is 0 Å². The standard InChI is InChI=1S/C26H32FN5O2/c1-17(2)31(25(34)28-21-10-8-7-9-20(21)27)16-24(33)29-23-15-22(26(4,5)6)30-32(23)19-13-11-18(3)12-14-19/h7-15,17H,16H2,1-6H3,(H,28,34)(H,29,33). The summed E-state index contributed by atoms with van der Waals surface area (Å²) in [6, 6.07) is 14.7. The minimum Gasteiger partial charge on any atom is -0.313 e. The molecule has 3 rings (SSSR count). The third kappa shape index (κ3) is 6.01. The highest BCUT2D eigenvalue weighted by Gasteiger charge is 2.24. The van der Waals surface area contributed by atoms with Crippen LogP contribution in [0.15, 0.2) is 54.6 Å². The van der Waals surface area contributed by atoms with Gasteiger partial charge in [-0.15, -0.1) is 0 Å². The van der Waals surface area contributed by atoms with Gasteiger partial charge in [0.05, 0.1) is 17.1 Å². The maximum atomic E-state index is 14.0. The average molecular weight is 466 g/mol. The van der Waals surface area contributed by atoms with Gasteiger partial charge >= 0.3 is 6.03 Å². The number of nitrogens with one attached hydrogen (secondary N) is 2. The van der Waals surface area contributed by atoms with Crippen molar-refractivity contribution in [3.8, 4) is 5.69 Å². The Morgan fingerprint density at radius 2 is 1.71 bits per heavy atom. The van der Waals surface area contributed by atoms with E-state index in [-0.39, 0.29) is 29.6 Å². The molecule has 0 aliphatic heterocycles. The van der Waals surface area contributed by atoms with E-state index in [2.05, 4.69) is 10.6 Å². The van der Waals surface area contributed by atoms with Gasteiger partial charge in [0.25, 0.3) is 0 Å². The number of amides is 3. The Kier molecular flexibility index (Phi) is 7.39. The molecule has 180 valence electrons. The van der Waals surface area contributed by atoms with Crippen molar-refractivity contribution in [3.05, 3.63) is 71.7 Å². The molecule has 0 radical (unpaired) electrons. The number of nitrogens with zero attached hydrogens (tertiary/aromatic N) is 3. The van der Waals surface area contributed by atoms with Gasteiger partial charge in [0.15, 0.2) is 0 Å². The quantitative estimate of drug-likeness (QED) is 0.505. The van der Waals surface area contributed by atoms with Crippen molar-refractivity contribution in [1.82, 2.24) is 14.7 Å². The molecule has 0 saturated heterocycles. The van der Waals surface area contributed by atoms with Crippen LogP contribution in [0.3, 0.4) is 0 Å². The largest absolute Gasteiger partial charge is 0.322 e. The number of aromatic nitrogens is 2. The van der Waals surface area contributed by atoms with E-state index >= 15 is 0 Å². The Hall–Kier alpha value is -3.68. The van der Waals surface area contributed by atoms with Crippen molar-refractivity contribution in [2.45, 2.75) is 53.0 Å². The predicted octanol–water partition coefficient (Wildman–Crippen LogP) is 5.50. The van der Waals surface area contributed by atoms with E-state index in [1.54, 1.807) is 30.7 Å². The molecular weight excluding hydrogens is 433 g/mol. The smallest absolute Gasteiger partial charge is 0.313 e. The lowest BCUT2D eigenvalue weighted by molar-refractivity contribution is -0.117. The molecule has 2 aromatic carbocycles. The molecule has 0 saturated carbocycles. The minimum absolute atomic E-state index is 0.0609. The maximum Gasteiger partial charge on any atom is 0.322 e. The third-order valence-corrected chi connectivity index (χ3v) is 5.34. The second-order valence-electron chi connectivity index (χ2n) is 9.59. The molecule has 0 fully saturated rings. The van der Waals surface area contributed by atoms with Crippen LogP contribution in [0, 0.1) is 12.7 Å². The van der Waals surface area contributed by atoms with E-state index in [9.17, 15) is 14.0 Å². The van der Waals surface area contributed by atoms with Gasteiger partial charge in [0.1, 0.15) is 18.2 Å². The first-order valence-corrected chi connectivity index (χ1v) is 11.3. The lowest BCUT2D eigenvalue weighted by Gasteiger charge is -2.26. The maximum absolute atomic E-state index is 14.0. The topological polar surface area (TPSA) is 79.3 Å². The molecule has 1 aromatic heterocycles. The monoisotopic (exact) mass is 465 g/mol. The summed E-state index contributed by atoms with van der Waals surface area (Å²) in [5.41, 5.74) is 2.59. The van der Waals surface area contributed by atoms with Crippen LogP contribution in [0.1, 0.15) is 45.9 Å². The Labute approximate surface area is 200 Å². The van der Waals surface area contributed by atoms with Crippen LogP contribution >= 0.6 is 0 Å². The number of anilines is 2. The molecule has 34 heavy (non-hydrogen) atoms. The summed E-state index contributed by atoms with van der Waals surface area (Å²) in [4.78, 5) is 27.1. The SMILES string of the molecule is Cc1ccc(-n2nc(C(C)(C)C)cc2NC(=O)CN(C(=O)Nc2ccccc2F)C(C)C)cc1. The molecule has 0 bridgehead atoms. The van der Waals surface area contributed by atoms with Crippen LogP contribution in [-0.4, -0.2) is 39.2 Å². The zero-order valence-electron chi connectivity index (χ0n) is 20.5.